The Morgan fingerprint density at radius 3 is 2.24 bits per heavy atom. The average Bonchev–Trinajstić information content (AvgIpc) is 3.01. The smallest absolute Gasteiger partial charge is 0.229 e. The zero-order valence-electron chi connectivity index (χ0n) is 8.70. The number of aromatic nitrogens is 3. The summed E-state index contributed by atoms with van der Waals surface area (Å²) in [7, 11) is 0. The van der Waals surface area contributed by atoms with Crippen LogP contribution in [0.1, 0.15) is 24.6 Å². The summed E-state index contributed by atoms with van der Waals surface area (Å²) < 4.78 is 1.80. The lowest BCUT2D eigenvalue weighted by Crippen LogP contribution is -2.00. The van der Waals surface area contributed by atoms with E-state index < -0.39 is 0 Å². The molecule has 1 fully saturated rings. The molecule has 0 atom stereocenters. The first kappa shape index (κ1) is 11.3. The Kier molecular flexibility index (Phi) is 2.77. The highest BCUT2D eigenvalue weighted by molar-refractivity contribution is 6.35. The number of benzene rings is 1. The summed E-state index contributed by atoms with van der Waals surface area (Å²) in [5.74, 6) is 1.33. The Bertz CT molecular complexity index is 555. The number of rotatable bonds is 2. The molecule has 0 amide bonds. The average molecular weight is 289 g/mol. The van der Waals surface area contributed by atoms with Crippen LogP contribution in [0.5, 0.6) is 0 Å². The van der Waals surface area contributed by atoms with Gasteiger partial charge in [0.1, 0.15) is 5.82 Å². The van der Waals surface area contributed by atoms with Gasteiger partial charge in [-0.2, -0.15) is 0 Å². The molecule has 2 aromatic rings. The molecule has 1 aliphatic rings. The first-order chi connectivity index (χ1) is 8.15. The Balaban J connectivity index is 2.16. The minimum Gasteiger partial charge on any atom is -0.269 e. The van der Waals surface area contributed by atoms with Crippen LogP contribution in [0, 0.1) is 0 Å². The Labute approximate surface area is 113 Å². The molecule has 1 saturated carbocycles. The molecule has 17 heavy (non-hydrogen) atoms. The molecular weight excluding hydrogens is 281 g/mol. The van der Waals surface area contributed by atoms with Crippen LogP contribution < -0.4 is 0 Å². The standard InChI is InChI=1S/C11H8Cl3N3/c12-7-3-8(13)5-9(4-7)17-10(6-1-2-6)15-16-11(17)14/h3-6H,1-2H2. The van der Waals surface area contributed by atoms with Gasteiger partial charge in [0.05, 0.1) is 5.69 Å². The third kappa shape index (κ3) is 2.15. The van der Waals surface area contributed by atoms with E-state index in [4.69, 9.17) is 34.8 Å². The monoisotopic (exact) mass is 287 g/mol. The molecule has 0 spiro atoms. The van der Waals surface area contributed by atoms with Crippen molar-refractivity contribution < 1.29 is 0 Å². The van der Waals surface area contributed by atoms with E-state index in [1.165, 1.54) is 0 Å². The van der Waals surface area contributed by atoms with Crippen LogP contribution >= 0.6 is 34.8 Å². The van der Waals surface area contributed by atoms with Gasteiger partial charge in [-0.15, -0.1) is 10.2 Å². The third-order valence-electron chi connectivity index (χ3n) is 2.70. The topological polar surface area (TPSA) is 30.7 Å². The Morgan fingerprint density at radius 1 is 1.00 bits per heavy atom. The molecule has 3 rings (SSSR count). The van der Waals surface area contributed by atoms with Crippen LogP contribution in [0.25, 0.3) is 5.69 Å². The van der Waals surface area contributed by atoms with E-state index in [0.717, 1.165) is 24.4 Å². The van der Waals surface area contributed by atoms with E-state index >= 15 is 0 Å². The Hall–Kier alpha value is -0.770. The second-order valence-corrected chi connectivity index (χ2v) is 5.28. The lowest BCUT2D eigenvalue weighted by atomic mass is 10.3. The van der Waals surface area contributed by atoms with Gasteiger partial charge in [0.15, 0.2) is 0 Å². The van der Waals surface area contributed by atoms with E-state index in [9.17, 15) is 0 Å². The van der Waals surface area contributed by atoms with E-state index in [1.807, 2.05) is 0 Å². The summed E-state index contributed by atoms with van der Waals surface area (Å²) in [4.78, 5) is 0. The summed E-state index contributed by atoms with van der Waals surface area (Å²) >= 11 is 18.0. The van der Waals surface area contributed by atoms with Crippen molar-refractivity contribution in [3.63, 3.8) is 0 Å². The van der Waals surface area contributed by atoms with Gasteiger partial charge in [0.2, 0.25) is 5.28 Å². The largest absolute Gasteiger partial charge is 0.269 e. The fourth-order valence-electron chi connectivity index (χ4n) is 1.79. The fourth-order valence-corrected chi connectivity index (χ4v) is 2.53. The molecule has 0 bridgehead atoms. The lowest BCUT2D eigenvalue weighted by Gasteiger charge is -2.08. The van der Waals surface area contributed by atoms with Gasteiger partial charge in [-0.25, -0.2) is 0 Å². The van der Waals surface area contributed by atoms with Crippen molar-refractivity contribution in [1.29, 1.82) is 0 Å². The molecule has 1 aromatic heterocycles. The van der Waals surface area contributed by atoms with Crippen LogP contribution in [-0.2, 0) is 0 Å². The highest BCUT2D eigenvalue weighted by Crippen LogP contribution is 2.41. The number of halogens is 3. The third-order valence-corrected chi connectivity index (χ3v) is 3.38. The van der Waals surface area contributed by atoms with Crippen LogP contribution in [0.15, 0.2) is 18.2 Å². The molecule has 3 nitrogen and oxygen atoms in total. The first-order valence-electron chi connectivity index (χ1n) is 5.22. The normalized spacial score (nSPS) is 15.2. The minimum absolute atomic E-state index is 0.338. The van der Waals surface area contributed by atoms with Gasteiger partial charge in [-0.05, 0) is 42.6 Å². The van der Waals surface area contributed by atoms with Gasteiger partial charge in [0.25, 0.3) is 0 Å². The van der Waals surface area contributed by atoms with Crippen molar-refractivity contribution in [1.82, 2.24) is 14.8 Å². The van der Waals surface area contributed by atoms with E-state index in [2.05, 4.69) is 10.2 Å². The first-order valence-corrected chi connectivity index (χ1v) is 6.36. The van der Waals surface area contributed by atoms with E-state index in [1.54, 1.807) is 22.8 Å². The quantitative estimate of drug-likeness (QED) is 0.833. The van der Waals surface area contributed by atoms with Crippen molar-refractivity contribution in [3.05, 3.63) is 39.4 Å². The molecule has 1 heterocycles. The zero-order chi connectivity index (χ0) is 12.0. The van der Waals surface area contributed by atoms with Crippen LogP contribution in [0.2, 0.25) is 15.3 Å². The highest BCUT2D eigenvalue weighted by atomic mass is 35.5. The molecule has 6 heteroatoms. The molecule has 0 saturated heterocycles. The van der Waals surface area contributed by atoms with Crippen molar-refractivity contribution >= 4 is 34.8 Å². The molecule has 0 radical (unpaired) electrons. The minimum atomic E-state index is 0.338. The number of hydrogen-bond acceptors (Lipinski definition) is 2. The lowest BCUT2D eigenvalue weighted by molar-refractivity contribution is 0.872. The SMILES string of the molecule is Clc1cc(Cl)cc(-n2c(Cl)nnc2C2CC2)c1. The molecule has 1 aromatic carbocycles. The van der Waals surface area contributed by atoms with Crippen LogP contribution in [-0.4, -0.2) is 14.8 Å². The van der Waals surface area contributed by atoms with Gasteiger partial charge in [-0.1, -0.05) is 23.2 Å². The van der Waals surface area contributed by atoms with Gasteiger partial charge in [-0.3, -0.25) is 4.57 Å². The van der Waals surface area contributed by atoms with E-state index in [-0.39, 0.29) is 0 Å². The van der Waals surface area contributed by atoms with Crippen molar-refractivity contribution in [2.24, 2.45) is 0 Å². The molecule has 88 valence electrons. The zero-order valence-corrected chi connectivity index (χ0v) is 11.0. The van der Waals surface area contributed by atoms with Crippen molar-refractivity contribution in [2.45, 2.75) is 18.8 Å². The van der Waals surface area contributed by atoms with Gasteiger partial charge >= 0.3 is 0 Å². The predicted octanol–water partition coefficient (Wildman–Crippen LogP) is 4.10. The van der Waals surface area contributed by atoms with Crippen molar-refractivity contribution in [2.75, 3.05) is 0 Å². The Morgan fingerprint density at radius 2 is 1.65 bits per heavy atom. The summed E-state index contributed by atoms with van der Waals surface area (Å²) in [5, 5.41) is 9.49. The maximum atomic E-state index is 6.06. The predicted molar refractivity (Wildman–Crippen MR) is 68.4 cm³/mol. The summed E-state index contributed by atoms with van der Waals surface area (Å²) in [6, 6.07) is 5.28. The van der Waals surface area contributed by atoms with Gasteiger partial charge in [0, 0.05) is 16.0 Å². The van der Waals surface area contributed by atoms with Crippen LogP contribution in [0.4, 0.5) is 0 Å². The highest BCUT2D eigenvalue weighted by Gasteiger charge is 2.30. The molecule has 0 N–H and O–H groups in total. The second kappa shape index (κ2) is 4.16. The fraction of sp³-hybridized carbons (Fsp3) is 0.273. The number of nitrogens with zero attached hydrogens (tertiary/aromatic N) is 3. The molecular formula is C11H8Cl3N3. The van der Waals surface area contributed by atoms with Crippen LogP contribution in [0.3, 0.4) is 0 Å². The van der Waals surface area contributed by atoms with E-state index in [0.29, 0.717) is 21.2 Å². The second-order valence-electron chi connectivity index (χ2n) is 4.06. The molecule has 1 aliphatic carbocycles. The molecule has 0 unspecified atom stereocenters. The summed E-state index contributed by atoms with van der Waals surface area (Å²) in [5.41, 5.74) is 0.805. The maximum absolute atomic E-state index is 6.06. The summed E-state index contributed by atoms with van der Waals surface area (Å²) in [6.07, 6.45) is 2.26. The summed E-state index contributed by atoms with van der Waals surface area (Å²) in [6.45, 7) is 0. The van der Waals surface area contributed by atoms with Gasteiger partial charge < -0.3 is 0 Å². The molecule has 0 aliphatic heterocycles. The number of hydrogen-bond donors (Lipinski definition) is 0. The maximum Gasteiger partial charge on any atom is 0.229 e. The van der Waals surface area contributed by atoms with Crippen molar-refractivity contribution in [3.8, 4) is 5.69 Å².